The molecule has 5 heteroatoms. The van der Waals surface area contributed by atoms with E-state index in [0.29, 0.717) is 18.5 Å². The summed E-state index contributed by atoms with van der Waals surface area (Å²) in [6, 6.07) is 4.83. The van der Waals surface area contributed by atoms with Gasteiger partial charge in [-0.2, -0.15) is 0 Å². The number of carbonyl (C=O) groups excluding carboxylic acids is 2. The van der Waals surface area contributed by atoms with E-state index in [-0.39, 0.29) is 23.5 Å². The number of phenols is 1. The molecule has 1 unspecified atom stereocenters. The van der Waals surface area contributed by atoms with Crippen molar-refractivity contribution in [3.63, 3.8) is 0 Å². The van der Waals surface area contributed by atoms with E-state index in [1.54, 1.807) is 24.0 Å². The van der Waals surface area contributed by atoms with Gasteiger partial charge in [-0.1, -0.05) is 28.8 Å². The van der Waals surface area contributed by atoms with Gasteiger partial charge in [-0.3, -0.25) is 9.59 Å². The number of halogens is 1. The van der Waals surface area contributed by atoms with Crippen molar-refractivity contribution < 1.29 is 14.7 Å². The highest BCUT2D eigenvalue weighted by Crippen LogP contribution is 2.27. The molecule has 0 aliphatic carbocycles. The zero-order valence-corrected chi connectivity index (χ0v) is 13.7. The molecule has 1 N–H and O–H groups in total. The van der Waals surface area contributed by atoms with Crippen LogP contribution in [0.1, 0.15) is 49.4 Å². The minimum Gasteiger partial charge on any atom is -0.507 e. The lowest BCUT2D eigenvalue weighted by Crippen LogP contribution is -2.41. The van der Waals surface area contributed by atoms with E-state index in [4.69, 9.17) is 0 Å². The van der Waals surface area contributed by atoms with Crippen LogP contribution in [0.5, 0.6) is 5.75 Å². The van der Waals surface area contributed by atoms with Gasteiger partial charge in [0.2, 0.25) is 0 Å². The van der Waals surface area contributed by atoms with Gasteiger partial charge in [-0.15, -0.1) is 0 Å². The van der Waals surface area contributed by atoms with Crippen molar-refractivity contribution in [2.45, 2.75) is 45.1 Å². The first kappa shape index (κ1) is 16.0. The molecule has 1 aliphatic heterocycles. The summed E-state index contributed by atoms with van der Waals surface area (Å²) < 4.78 is 0.729. The van der Waals surface area contributed by atoms with Crippen LogP contribution in [-0.4, -0.2) is 34.3 Å². The summed E-state index contributed by atoms with van der Waals surface area (Å²) in [6.07, 6.45) is 4.29. The second-order valence-corrected chi connectivity index (χ2v) is 6.48. The molecular weight excluding hydrogens is 334 g/mol. The van der Waals surface area contributed by atoms with Gasteiger partial charge in [0.05, 0.1) is 5.56 Å². The quantitative estimate of drug-likeness (QED) is 0.904. The number of carbonyl (C=O) groups is 2. The number of phenolic OH excluding ortho intramolecular Hbond substituents is 1. The second-order valence-electron chi connectivity index (χ2n) is 5.57. The zero-order valence-electron chi connectivity index (χ0n) is 12.1. The zero-order chi connectivity index (χ0) is 15.4. The van der Waals surface area contributed by atoms with Crippen LogP contribution in [0, 0.1) is 0 Å². The number of amides is 1. The van der Waals surface area contributed by atoms with Crippen LogP contribution in [0.3, 0.4) is 0 Å². The van der Waals surface area contributed by atoms with Crippen molar-refractivity contribution in [2.24, 2.45) is 0 Å². The summed E-state index contributed by atoms with van der Waals surface area (Å²) in [4.78, 5) is 25.9. The summed E-state index contributed by atoms with van der Waals surface area (Å²) in [6.45, 7) is 2.21. The number of hydrogen-bond donors (Lipinski definition) is 1. The van der Waals surface area contributed by atoms with Crippen LogP contribution in [0.25, 0.3) is 0 Å². The fourth-order valence-electron chi connectivity index (χ4n) is 2.83. The topological polar surface area (TPSA) is 57.6 Å². The normalized spacial score (nSPS) is 19.1. The third kappa shape index (κ3) is 4.06. The average Bonchev–Trinajstić information content (AvgIpc) is 2.63. The molecule has 21 heavy (non-hydrogen) atoms. The fraction of sp³-hybridized carbons (Fsp3) is 0.500. The maximum absolute atomic E-state index is 12.7. The number of benzene rings is 1. The van der Waals surface area contributed by atoms with E-state index in [1.807, 2.05) is 0 Å². The Labute approximate surface area is 133 Å². The summed E-state index contributed by atoms with van der Waals surface area (Å²) in [7, 11) is 0. The lowest BCUT2D eigenvalue weighted by Gasteiger charge is -2.29. The molecule has 0 spiro atoms. The van der Waals surface area contributed by atoms with Crippen molar-refractivity contribution in [3.05, 3.63) is 28.2 Å². The van der Waals surface area contributed by atoms with E-state index in [0.717, 1.165) is 30.2 Å². The van der Waals surface area contributed by atoms with Crippen molar-refractivity contribution in [2.75, 3.05) is 6.54 Å². The van der Waals surface area contributed by atoms with E-state index in [2.05, 4.69) is 15.9 Å². The third-order valence-electron chi connectivity index (χ3n) is 3.85. The summed E-state index contributed by atoms with van der Waals surface area (Å²) in [5.74, 6) is -0.118. The predicted octanol–water partition coefficient (Wildman–Crippen LogP) is 3.52. The van der Waals surface area contributed by atoms with Crippen molar-refractivity contribution in [1.29, 1.82) is 0 Å². The van der Waals surface area contributed by atoms with E-state index in [1.165, 1.54) is 6.07 Å². The lowest BCUT2D eigenvalue weighted by molar-refractivity contribution is -0.118. The molecule has 1 heterocycles. The molecule has 1 aromatic carbocycles. The van der Waals surface area contributed by atoms with Crippen LogP contribution >= 0.6 is 15.9 Å². The van der Waals surface area contributed by atoms with Gasteiger partial charge in [0.15, 0.2) is 0 Å². The van der Waals surface area contributed by atoms with Gasteiger partial charge in [0.25, 0.3) is 5.91 Å². The highest BCUT2D eigenvalue weighted by Gasteiger charge is 2.28. The monoisotopic (exact) mass is 353 g/mol. The fourth-order valence-corrected chi connectivity index (χ4v) is 3.18. The molecular formula is C16H20BrNO3. The SMILES string of the molecule is CC(=O)CC1CCCCCN1C(=O)c1ccc(Br)cc1O. The smallest absolute Gasteiger partial charge is 0.257 e. The maximum atomic E-state index is 12.7. The van der Waals surface area contributed by atoms with Gasteiger partial charge in [0, 0.05) is 23.5 Å². The highest BCUT2D eigenvalue weighted by atomic mass is 79.9. The molecule has 0 radical (unpaired) electrons. The summed E-state index contributed by atoms with van der Waals surface area (Å²) in [5, 5.41) is 9.99. The number of rotatable bonds is 3. The minimum atomic E-state index is -0.187. The molecule has 1 aromatic rings. The maximum Gasteiger partial charge on any atom is 0.257 e. The molecule has 0 aromatic heterocycles. The predicted molar refractivity (Wildman–Crippen MR) is 84.4 cm³/mol. The first-order valence-corrected chi connectivity index (χ1v) is 8.07. The number of hydrogen-bond acceptors (Lipinski definition) is 3. The molecule has 0 saturated carbocycles. The van der Waals surface area contributed by atoms with E-state index >= 15 is 0 Å². The Hall–Kier alpha value is -1.36. The molecule has 0 bridgehead atoms. The number of aromatic hydroxyl groups is 1. The minimum absolute atomic E-state index is 0.0276. The van der Waals surface area contributed by atoms with Crippen LogP contribution in [0.2, 0.25) is 0 Å². The van der Waals surface area contributed by atoms with Crippen LogP contribution in [-0.2, 0) is 4.79 Å². The number of Topliss-reactive ketones (excluding diaryl/α,β-unsaturated/α-hetero) is 1. The highest BCUT2D eigenvalue weighted by molar-refractivity contribution is 9.10. The Kier molecular flexibility index (Phi) is 5.39. The summed E-state index contributed by atoms with van der Waals surface area (Å²) >= 11 is 3.27. The molecule has 1 aliphatic rings. The first-order valence-electron chi connectivity index (χ1n) is 7.28. The second kappa shape index (κ2) is 7.07. The van der Waals surface area contributed by atoms with Crippen molar-refractivity contribution >= 4 is 27.6 Å². The molecule has 1 amide bonds. The van der Waals surface area contributed by atoms with Crippen LogP contribution in [0.4, 0.5) is 0 Å². The van der Waals surface area contributed by atoms with Gasteiger partial charge < -0.3 is 10.0 Å². The van der Waals surface area contributed by atoms with Crippen LogP contribution < -0.4 is 0 Å². The Morgan fingerprint density at radius 1 is 1.33 bits per heavy atom. The van der Waals surface area contributed by atoms with Gasteiger partial charge in [0.1, 0.15) is 11.5 Å². The Balaban J connectivity index is 2.26. The average molecular weight is 354 g/mol. The van der Waals surface area contributed by atoms with Crippen LogP contribution in [0.15, 0.2) is 22.7 Å². The molecule has 2 rings (SSSR count). The number of ketones is 1. The van der Waals surface area contributed by atoms with Crippen molar-refractivity contribution in [1.82, 2.24) is 4.90 Å². The third-order valence-corrected chi connectivity index (χ3v) is 4.34. The Bertz CT molecular complexity index is 544. The molecule has 4 nitrogen and oxygen atoms in total. The lowest BCUT2D eigenvalue weighted by atomic mass is 10.0. The van der Waals surface area contributed by atoms with Crippen molar-refractivity contribution in [3.8, 4) is 5.75 Å². The standard InChI is InChI=1S/C16H20BrNO3/c1-11(19)9-13-5-3-2-4-8-18(13)16(21)14-7-6-12(17)10-15(14)20/h6-7,10,13,20H,2-5,8-9H2,1H3. The first-order chi connectivity index (χ1) is 9.99. The molecule has 1 saturated heterocycles. The number of nitrogens with zero attached hydrogens (tertiary/aromatic N) is 1. The largest absolute Gasteiger partial charge is 0.507 e. The van der Waals surface area contributed by atoms with Gasteiger partial charge >= 0.3 is 0 Å². The molecule has 1 fully saturated rings. The molecule has 114 valence electrons. The Morgan fingerprint density at radius 3 is 2.76 bits per heavy atom. The molecule has 1 atom stereocenters. The number of likely N-dealkylation sites (tertiary alicyclic amines) is 1. The van der Waals surface area contributed by atoms with E-state index < -0.39 is 0 Å². The van der Waals surface area contributed by atoms with Gasteiger partial charge in [-0.05, 0) is 38.0 Å². The Morgan fingerprint density at radius 2 is 2.10 bits per heavy atom. The summed E-state index contributed by atoms with van der Waals surface area (Å²) in [5.41, 5.74) is 0.300. The van der Waals surface area contributed by atoms with E-state index in [9.17, 15) is 14.7 Å². The van der Waals surface area contributed by atoms with Gasteiger partial charge in [-0.25, -0.2) is 0 Å².